The van der Waals surface area contributed by atoms with Gasteiger partial charge in [-0.25, -0.2) is 9.97 Å². The van der Waals surface area contributed by atoms with Crippen molar-refractivity contribution >= 4 is 51.6 Å². The fourth-order valence-electron chi connectivity index (χ4n) is 3.45. The summed E-state index contributed by atoms with van der Waals surface area (Å²) < 4.78 is 4.49. The number of likely N-dealkylation sites (N-methyl/N-ethyl adjacent to an activating group) is 1. The number of para-hydroxylation sites is 1. The van der Waals surface area contributed by atoms with E-state index in [4.69, 9.17) is 22.2 Å². The van der Waals surface area contributed by atoms with E-state index in [0.717, 1.165) is 28.4 Å². The zero-order valence-corrected chi connectivity index (χ0v) is 17.9. The number of carbonyl (C=O) groups excluding carboxylic acids is 1. The van der Waals surface area contributed by atoms with Crippen LogP contribution in [0.2, 0.25) is 0 Å². The van der Waals surface area contributed by atoms with Crippen molar-refractivity contribution < 1.29 is 4.79 Å². The van der Waals surface area contributed by atoms with Crippen LogP contribution >= 0.6 is 24.0 Å². The molecule has 2 aromatic heterocycles. The minimum atomic E-state index is -0.116. The Bertz CT molecular complexity index is 1320. The van der Waals surface area contributed by atoms with Crippen LogP contribution in [0.4, 0.5) is 0 Å². The summed E-state index contributed by atoms with van der Waals surface area (Å²) in [6.45, 7) is 0. The zero-order chi connectivity index (χ0) is 20.8. The number of benzene rings is 2. The summed E-state index contributed by atoms with van der Waals surface area (Å²) in [7, 11) is 3.64. The van der Waals surface area contributed by atoms with Gasteiger partial charge in [-0.15, -0.1) is 0 Å². The van der Waals surface area contributed by atoms with Crippen LogP contribution in [0.15, 0.2) is 65.6 Å². The van der Waals surface area contributed by atoms with Crippen molar-refractivity contribution in [2.24, 2.45) is 7.05 Å². The quantitative estimate of drug-likeness (QED) is 0.358. The number of carbonyl (C=O) groups is 1. The van der Waals surface area contributed by atoms with Gasteiger partial charge in [-0.3, -0.25) is 14.3 Å². The molecule has 0 unspecified atom stereocenters. The first kappa shape index (κ1) is 18.8. The molecule has 1 fully saturated rings. The molecule has 3 heterocycles. The molecule has 0 radical (unpaired) electrons. The molecule has 2 aromatic carbocycles. The van der Waals surface area contributed by atoms with Gasteiger partial charge in [-0.05, 0) is 12.1 Å². The van der Waals surface area contributed by atoms with E-state index in [1.807, 2.05) is 76.8 Å². The SMILES string of the molecule is CN1C(=O)/C(=C\c2nc3c(nc(-c4ccccc4)n3C)n2-c2ccccc2)SC1=S. The van der Waals surface area contributed by atoms with Crippen molar-refractivity contribution in [3.8, 4) is 17.1 Å². The van der Waals surface area contributed by atoms with Crippen molar-refractivity contribution in [1.82, 2.24) is 24.0 Å². The molecule has 0 bridgehead atoms. The van der Waals surface area contributed by atoms with Gasteiger partial charge in [-0.1, -0.05) is 72.5 Å². The van der Waals surface area contributed by atoms with Crippen molar-refractivity contribution in [3.05, 3.63) is 71.4 Å². The highest BCUT2D eigenvalue weighted by molar-refractivity contribution is 8.26. The van der Waals surface area contributed by atoms with Crippen LogP contribution in [0.5, 0.6) is 0 Å². The second kappa shape index (κ2) is 7.23. The summed E-state index contributed by atoms with van der Waals surface area (Å²) in [4.78, 5) is 24.3. The highest BCUT2D eigenvalue weighted by atomic mass is 32.2. The van der Waals surface area contributed by atoms with E-state index < -0.39 is 0 Å². The summed E-state index contributed by atoms with van der Waals surface area (Å²) in [5.41, 5.74) is 3.43. The molecule has 148 valence electrons. The number of amides is 1. The van der Waals surface area contributed by atoms with E-state index in [-0.39, 0.29) is 5.91 Å². The topological polar surface area (TPSA) is 56.0 Å². The first-order valence-electron chi connectivity index (χ1n) is 9.32. The van der Waals surface area contributed by atoms with Gasteiger partial charge in [0.25, 0.3) is 5.91 Å². The van der Waals surface area contributed by atoms with E-state index in [2.05, 4.69) is 0 Å². The molecule has 0 N–H and O–H groups in total. The normalized spacial score (nSPS) is 15.7. The number of thiocarbonyl (C=S) groups is 1. The van der Waals surface area contributed by atoms with Crippen LogP contribution < -0.4 is 0 Å². The van der Waals surface area contributed by atoms with Crippen LogP contribution in [0.3, 0.4) is 0 Å². The minimum Gasteiger partial charge on any atom is -0.310 e. The molecular formula is C22H17N5OS2. The van der Waals surface area contributed by atoms with Gasteiger partial charge in [0.1, 0.15) is 16.0 Å². The number of hydrogen-bond donors (Lipinski definition) is 0. The van der Waals surface area contributed by atoms with Crippen LogP contribution in [0.25, 0.3) is 34.4 Å². The molecule has 1 aliphatic heterocycles. The highest BCUT2D eigenvalue weighted by Gasteiger charge is 2.30. The lowest BCUT2D eigenvalue weighted by molar-refractivity contribution is -0.121. The van der Waals surface area contributed by atoms with E-state index >= 15 is 0 Å². The third-order valence-corrected chi connectivity index (χ3v) is 6.49. The van der Waals surface area contributed by atoms with Gasteiger partial charge in [0.05, 0.1) is 4.91 Å². The van der Waals surface area contributed by atoms with Gasteiger partial charge in [-0.2, -0.15) is 0 Å². The Labute approximate surface area is 182 Å². The molecule has 1 amide bonds. The maximum Gasteiger partial charge on any atom is 0.266 e. The molecule has 0 spiro atoms. The third-order valence-electron chi connectivity index (χ3n) is 5.00. The Morgan fingerprint density at radius 2 is 1.60 bits per heavy atom. The Hall–Kier alpha value is -3.23. The van der Waals surface area contributed by atoms with Crippen LogP contribution in [-0.2, 0) is 11.8 Å². The molecule has 0 aliphatic carbocycles. The maximum atomic E-state index is 12.5. The van der Waals surface area contributed by atoms with Crippen LogP contribution in [0, 0.1) is 0 Å². The van der Waals surface area contributed by atoms with Gasteiger partial charge in [0, 0.05) is 31.4 Å². The molecule has 4 aromatic rings. The lowest BCUT2D eigenvalue weighted by atomic mass is 10.2. The molecule has 8 heteroatoms. The number of aromatic nitrogens is 4. The van der Waals surface area contributed by atoms with Crippen LogP contribution in [0.1, 0.15) is 5.82 Å². The monoisotopic (exact) mass is 431 g/mol. The van der Waals surface area contributed by atoms with E-state index in [9.17, 15) is 4.79 Å². The molecule has 1 saturated heterocycles. The Balaban J connectivity index is 1.74. The van der Waals surface area contributed by atoms with E-state index in [0.29, 0.717) is 15.1 Å². The van der Waals surface area contributed by atoms with Gasteiger partial charge in [0.2, 0.25) is 0 Å². The fourth-order valence-corrected chi connectivity index (χ4v) is 4.60. The number of fused-ring (bicyclic) bond motifs is 1. The summed E-state index contributed by atoms with van der Waals surface area (Å²) >= 11 is 6.55. The Morgan fingerprint density at radius 3 is 2.23 bits per heavy atom. The Kier molecular flexibility index (Phi) is 4.52. The summed E-state index contributed by atoms with van der Waals surface area (Å²) in [6.07, 6.45) is 1.79. The first-order chi connectivity index (χ1) is 14.5. The minimum absolute atomic E-state index is 0.116. The van der Waals surface area contributed by atoms with Crippen LogP contribution in [-0.4, -0.2) is 41.3 Å². The smallest absolute Gasteiger partial charge is 0.266 e. The Morgan fingerprint density at radius 1 is 0.933 bits per heavy atom. The number of hydrogen-bond acceptors (Lipinski definition) is 5. The van der Waals surface area contributed by atoms with Crippen molar-refractivity contribution in [2.45, 2.75) is 0 Å². The molecule has 1 aliphatic rings. The predicted octanol–water partition coefficient (Wildman–Crippen LogP) is 4.26. The highest BCUT2D eigenvalue weighted by Crippen LogP contribution is 2.33. The summed E-state index contributed by atoms with van der Waals surface area (Å²) in [5.74, 6) is 1.36. The van der Waals surface area contributed by atoms with Crippen molar-refractivity contribution in [3.63, 3.8) is 0 Å². The molecular weight excluding hydrogens is 414 g/mol. The van der Waals surface area contributed by atoms with Crippen molar-refractivity contribution in [1.29, 1.82) is 0 Å². The summed E-state index contributed by atoms with van der Waals surface area (Å²) in [5, 5.41) is 0. The largest absolute Gasteiger partial charge is 0.310 e. The van der Waals surface area contributed by atoms with Crippen molar-refractivity contribution in [2.75, 3.05) is 7.05 Å². The standard InChI is InChI=1S/C22H17N5OS2/c1-25-18(14-9-5-3-6-10-14)24-20-19(25)23-17(27(20)15-11-7-4-8-12-15)13-16-21(28)26(2)22(29)30-16/h3-13H,1-2H3/b16-13+. The number of rotatable bonds is 3. The molecule has 0 saturated carbocycles. The van der Waals surface area contributed by atoms with Gasteiger partial charge < -0.3 is 4.57 Å². The average molecular weight is 432 g/mol. The summed E-state index contributed by atoms with van der Waals surface area (Å²) in [6, 6.07) is 19.9. The van der Waals surface area contributed by atoms with Gasteiger partial charge in [0.15, 0.2) is 11.3 Å². The zero-order valence-electron chi connectivity index (χ0n) is 16.3. The molecule has 6 nitrogen and oxygen atoms in total. The lowest BCUT2D eigenvalue weighted by Gasteiger charge is -2.06. The number of thioether (sulfide) groups is 1. The lowest BCUT2D eigenvalue weighted by Crippen LogP contribution is -2.22. The first-order valence-corrected chi connectivity index (χ1v) is 10.5. The molecule has 0 atom stereocenters. The fraction of sp³-hybridized carbons (Fsp3) is 0.0909. The second-order valence-electron chi connectivity index (χ2n) is 6.89. The predicted molar refractivity (Wildman–Crippen MR) is 124 cm³/mol. The second-order valence-corrected chi connectivity index (χ2v) is 8.57. The average Bonchev–Trinajstić information content (AvgIpc) is 3.36. The number of nitrogens with zero attached hydrogens (tertiary/aromatic N) is 5. The third kappa shape index (κ3) is 2.96. The van der Waals surface area contributed by atoms with Gasteiger partial charge >= 0.3 is 0 Å². The maximum absolute atomic E-state index is 12.5. The molecule has 30 heavy (non-hydrogen) atoms. The van der Waals surface area contributed by atoms with E-state index in [1.165, 1.54) is 16.7 Å². The number of imidazole rings is 2. The molecule has 5 rings (SSSR count). The number of aryl methyl sites for hydroxylation is 1. The van der Waals surface area contributed by atoms with E-state index in [1.54, 1.807) is 13.1 Å².